The average molecular weight is 1100 g/mol. The number of esters is 1. The predicted molar refractivity (Wildman–Crippen MR) is 332 cm³/mol. The number of quaternary nitrogens is 1. The van der Waals surface area contributed by atoms with Crippen LogP contribution in [-0.4, -0.2) is 74.3 Å². The number of unbranched alkanes of at least 4 members (excludes halogenated alkanes) is 29. The van der Waals surface area contributed by atoms with E-state index in [1.807, 2.05) is 33.3 Å². The third-order valence-electron chi connectivity index (χ3n) is 13.8. The van der Waals surface area contributed by atoms with E-state index in [2.05, 4.69) is 99.0 Å². The van der Waals surface area contributed by atoms with Crippen LogP contribution in [0.15, 0.2) is 85.1 Å². The lowest BCUT2D eigenvalue weighted by molar-refractivity contribution is -0.870. The number of carbonyl (C=O) groups excluding carboxylic acids is 2. The van der Waals surface area contributed by atoms with Crippen LogP contribution in [0.25, 0.3) is 0 Å². The monoisotopic (exact) mass is 1100 g/mol. The molecule has 77 heavy (non-hydrogen) atoms. The van der Waals surface area contributed by atoms with Gasteiger partial charge in [0.25, 0.3) is 0 Å². The van der Waals surface area contributed by atoms with Gasteiger partial charge in [0, 0.05) is 12.8 Å². The largest absolute Gasteiger partial charge is 0.472 e. The van der Waals surface area contributed by atoms with E-state index in [1.54, 1.807) is 0 Å². The summed E-state index contributed by atoms with van der Waals surface area (Å²) in [6.07, 6.45) is 74.4. The fourth-order valence-corrected chi connectivity index (χ4v) is 9.63. The first kappa shape index (κ1) is 74.2. The van der Waals surface area contributed by atoms with Crippen molar-refractivity contribution in [2.75, 3.05) is 40.9 Å². The summed E-state index contributed by atoms with van der Waals surface area (Å²) < 4.78 is 30.7. The second-order valence-electron chi connectivity index (χ2n) is 22.5. The van der Waals surface area contributed by atoms with Gasteiger partial charge in [-0.1, -0.05) is 254 Å². The molecule has 2 N–H and O–H groups in total. The Morgan fingerprint density at radius 2 is 0.844 bits per heavy atom. The predicted octanol–water partition coefficient (Wildman–Crippen LogP) is 19.8. The molecule has 0 aromatic carbocycles. The van der Waals surface area contributed by atoms with Gasteiger partial charge in [-0.2, -0.15) is 0 Å². The van der Waals surface area contributed by atoms with Crippen LogP contribution in [0.1, 0.15) is 278 Å². The highest BCUT2D eigenvalue weighted by Gasteiger charge is 2.30. The SMILES string of the molecule is CC/C=C\C/C=C\C/C=C\C/C=C\C/C=C\CCCCCCCCCCCCCC(=O)NC(COP(=O)(O)OCC[N+](C)(C)C)C(/C=C/CCCCCCCCCCCCC)OC(=O)CCCCCCC/C=C\CCCC. The van der Waals surface area contributed by atoms with Crippen LogP contribution in [0.2, 0.25) is 0 Å². The van der Waals surface area contributed by atoms with Gasteiger partial charge < -0.3 is 19.4 Å². The number of carbonyl (C=O) groups is 2. The van der Waals surface area contributed by atoms with Crippen LogP contribution in [0.5, 0.6) is 0 Å². The summed E-state index contributed by atoms with van der Waals surface area (Å²) in [5.74, 6) is -0.519. The van der Waals surface area contributed by atoms with Crippen molar-refractivity contribution in [1.82, 2.24) is 5.32 Å². The average Bonchev–Trinajstić information content (AvgIpc) is 3.39. The van der Waals surface area contributed by atoms with Crippen LogP contribution in [0.4, 0.5) is 0 Å². The normalized spacial score (nSPS) is 14.2. The van der Waals surface area contributed by atoms with Crippen LogP contribution < -0.4 is 5.32 Å². The number of allylic oxidation sites excluding steroid dienone is 13. The molecule has 0 aliphatic carbocycles. The topological polar surface area (TPSA) is 111 Å². The molecule has 3 atom stereocenters. The standard InChI is InChI=1S/C67H121N2O7P/c1-7-10-13-16-19-22-25-27-28-29-30-31-32-33-34-35-36-37-38-39-40-42-45-47-50-53-56-59-66(70)68-64(63-75-77(72,73)74-62-61-69(4,5)6)65(58-55-52-49-46-44-41-26-23-20-17-14-11-8-2)76-67(71)60-57-54-51-48-43-24-21-18-15-12-9-3/h10,13,18-19,21-22,27-28,30-31,33-34,55,58,64-65H,7-9,11-12,14-17,20,23-26,29,32,35-54,56-57,59-63H2,1-6H3,(H-,68,70,72,73)/p+1/b13-10-,21-18-,22-19-,28-27-,31-30-,34-33-,58-55+. The maximum atomic E-state index is 13.6. The molecule has 0 aliphatic rings. The number of nitrogens with zero attached hydrogens (tertiary/aromatic N) is 1. The van der Waals surface area contributed by atoms with E-state index in [-0.39, 0.29) is 31.5 Å². The number of amides is 1. The van der Waals surface area contributed by atoms with Crippen molar-refractivity contribution in [1.29, 1.82) is 0 Å². The lowest BCUT2D eigenvalue weighted by Gasteiger charge is -2.27. The van der Waals surface area contributed by atoms with Crippen molar-refractivity contribution in [3.8, 4) is 0 Å². The van der Waals surface area contributed by atoms with Crippen molar-refractivity contribution in [3.63, 3.8) is 0 Å². The summed E-state index contributed by atoms with van der Waals surface area (Å²) in [4.78, 5) is 37.7. The molecule has 10 heteroatoms. The van der Waals surface area contributed by atoms with Gasteiger partial charge in [-0.15, -0.1) is 0 Å². The quantitative estimate of drug-likeness (QED) is 0.0205. The van der Waals surface area contributed by atoms with E-state index >= 15 is 0 Å². The molecule has 0 aromatic rings. The number of rotatable bonds is 57. The molecule has 0 spiro atoms. The fourth-order valence-electron chi connectivity index (χ4n) is 8.89. The first-order valence-corrected chi connectivity index (χ1v) is 33.4. The molecule has 0 radical (unpaired) electrons. The Balaban J connectivity index is 5.06. The van der Waals surface area contributed by atoms with Crippen LogP contribution in [0.3, 0.4) is 0 Å². The molecule has 0 fully saturated rings. The van der Waals surface area contributed by atoms with Gasteiger partial charge >= 0.3 is 13.8 Å². The smallest absolute Gasteiger partial charge is 0.456 e. The van der Waals surface area contributed by atoms with Crippen molar-refractivity contribution < 1.29 is 37.3 Å². The number of phosphoric acid groups is 1. The van der Waals surface area contributed by atoms with Gasteiger partial charge in [-0.25, -0.2) is 4.57 Å². The fraction of sp³-hybridized carbons (Fsp3) is 0.761. The third-order valence-corrected chi connectivity index (χ3v) is 14.8. The molecule has 0 aromatic heterocycles. The van der Waals surface area contributed by atoms with Crippen LogP contribution in [-0.2, 0) is 27.9 Å². The lowest BCUT2D eigenvalue weighted by Crippen LogP contribution is -2.47. The van der Waals surface area contributed by atoms with Gasteiger partial charge in [0.2, 0.25) is 5.91 Å². The molecule has 0 bridgehead atoms. The van der Waals surface area contributed by atoms with Crippen LogP contribution in [0, 0.1) is 0 Å². The minimum Gasteiger partial charge on any atom is -0.456 e. The zero-order chi connectivity index (χ0) is 56.4. The first-order valence-electron chi connectivity index (χ1n) is 31.9. The molecule has 0 rings (SSSR count). The van der Waals surface area contributed by atoms with Crippen molar-refractivity contribution in [2.24, 2.45) is 0 Å². The van der Waals surface area contributed by atoms with E-state index in [4.69, 9.17) is 13.8 Å². The zero-order valence-electron chi connectivity index (χ0n) is 50.9. The maximum absolute atomic E-state index is 13.6. The summed E-state index contributed by atoms with van der Waals surface area (Å²) in [5, 5.41) is 3.05. The summed E-state index contributed by atoms with van der Waals surface area (Å²) in [6, 6.07) is -0.856. The zero-order valence-corrected chi connectivity index (χ0v) is 51.8. The summed E-state index contributed by atoms with van der Waals surface area (Å²) in [5.41, 5.74) is 0. The first-order chi connectivity index (χ1) is 37.4. The number of nitrogens with one attached hydrogen (secondary N) is 1. The number of phosphoric ester groups is 1. The number of hydrogen-bond donors (Lipinski definition) is 2. The molecular formula is C67H122N2O7P+. The Kier molecular flexibility index (Phi) is 54.4. The lowest BCUT2D eigenvalue weighted by atomic mass is 10.0. The molecule has 0 saturated heterocycles. The molecule has 0 heterocycles. The number of ether oxygens (including phenoxy) is 1. The summed E-state index contributed by atoms with van der Waals surface area (Å²) >= 11 is 0. The second-order valence-corrected chi connectivity index (χ2v) is 24.0. The summed E-state index contributed by atoms with van der Waals surface area (Å²) in [7, 11) is 1.49. The Morgan fingerprint density at radius 1 is 0.468 bits per heavy atom. The van der Waals surface area contributed by atoms with Gasteiger partial charge in [0.15, 0.2) is 0 Å². The van der Waals surface area contributed by atoms with E-state index in [1.165, 1.54) is 128 Å². The Morgan fingerprint density at radius 3 is 1.30 bits per heavy atom. The third kappa shape index (κ3) is 57.7. The highest BCUT2D eigenvalue weighted by molar-refractivity contribution is 7.47. The molecule has 446 valence electrons. The van der Waals surface area contributed by atoms with E-state index in [0.29, 0.717) is 17.4 Å². The number of likely N-dealkylation sites (N-methyl/N-ethyl adjacent to an activating group) is 1. The molecular weight excluding hydrogens is 976 g/mol. The second kappa shape index (κ2) is 56.5. The minimum absolute atomic E-state index is 0.0359. The van der Waals surface area contributed by atoms with Crippen molar-refractivity contribution in [2.45, 2.75) is 290 Å². The molecule has 3 unspecified atom stereocenters. The molecule has 9 nitrogen and oxygen atoms in total. The van der Waals surface area contributed by atoms with E-state index in [9.17, 15) is 19.0 Å². The van der Waals surface area contributed by atoms with Crippen molar-refractivity contribution in [3.05, 3.63) is 85.1 Å². The Labute approximate surface area is 476 Å². The van der Waals surface area contributed by atoms with Gasteiger partial charge in [0.05, 0.1) is 33.8 Å². The highest BCUT2D eigenvalue weighted by Crippen LogP contribution is 2.43. The van der Waals surface area contributed by atoms with Gasteiger partial charge in [0.1, 0.15) is 19.3 Å². The van der Waals surface area contributed by atoms with Gasteiger partial charge in [-0.05, 0) is 96.0 Å². The van der Waals surface area contributed by atoms with Gasteiger partial charge in [-0.3, -0.25) is 18.6 Å². The Hall–Kier alpha value is -2.81. The minimum atomic E-state index is -4.45. The van der Waals surface area contributed by atoms with Crippen molar-refractivity contribution >= 4 is 19.7 Å². The Bertz CT molecular complexity index is 1590. The van der Waals surface area contributed by atoms with Crippen LogP contribution >= 0.6 is 7.82 Å². The molecule has 0 aliphatic heterocycles. The van der Waals surface area contributed by atoms with E-state index < -0.39 is 20.0 Å². The summed E-state index contributed by atoms with van der Waals surface area (Å²) in [6.45, 7) is 6.86. The highest BCUT2D eigenvalue weighted by atomic mass is 31.2. The number of hydrogen-bond acceptors (Lipinski definition) is 6. The molecule has 1 amide bonds. The van der Waals surface area contributed by atoms with E-state index in [0.717, 1.165) is 116 Å². The molecule has 0 saturated carbocycles. The maximum Gasteiger partial charge on any atom is 0.472 e.